The standard InChI is InChI=1S/C13H16N4O/c1-16-9-11(8-15-16)13(18)17(2)12-5-3-10(7-14)4-6-12/h3-6,8-9H,7,14H2,1-2H3. The van der Waals surface area contributed by atoms with Crippen molar-refractivity contribution < 1.29 is 4.79 Å². The summed E-state index contributed by atoms with van der Waals surface area (Å²) in [4.78, 5) is 13.8. The van der Waals surface area contributed by atoms with Crippen LogP contribution in [0.4, 0.5) is 5.69 Å². The summed E-state index contributed by atoms with van der Waals surface area (Å²) >= 11 is 0. The summed E-state index contributed by atoms with van der Waals surface area (Å²) in [6.45, 7) is 0.501. The van der Waals surface area contributed by atoms with Gasteiger partial charge >= 0.3 is 0 Å². The molecule has 1 heterocycles. The van der Waals surface area contributed by atoms with Gasteiger partial charge < -0.3 is 10.6 Å². The SMILES string of the molecule is CN(C(=O)c1cnn(C)c1)c1ccc(CN)cc1. The van der Waals surface area contributed by atoms with Crippen LogP contribution in [0.2, 0.25) is 0 Å². The third-order valence-electron chi connectivity index (χ3n) is 2.82. The molecule has 1 aromatic heterocycles. The maximum absolute atomic E-state index is 12.2. The zero-order valence-corrected chi connectivity index (χ0v) is 10.5. The van der Waals surface area contributed by atoms with Crippen molar-refractivity contribution in [1.29, 1.82) is 0 Å². The Hall–Kier alpha value is -2.14. The molecule has 0 saturated heterocycles. The number of nitrogens with zero attached hydrogens (tertiary/aromatic N) is 3. The van der Waals surface area contributed by atoms with Crippen LogP contribution in [0, 0.1) is 0 Å². The van der Waals surface area contributed by atoms with Gasteiger partial charge in [-0.3, -0.25) is 9.48 Å². The highest BCUT2D eigenvalue weighted by Gasteiger charge is 2.14. The minimum Gasteiger partial charge on any atom is -0.326 e. The van der Waals surface area contributed by atoms with Crippen molar-refractivity contribution in [2.45, 2.75) is 6.54 Å². The number of aromatic nitrogens is 2. The lowest BCUT2D eigenvalue weighted by molar-refractivity contribution is 0.0993. The van der Waals surface area contributed by atoms with Gasteiger partial charge in [0, 0.05) is 32.5 Å². The lowest BCUT2D eigenvalue weighted by atomic mass is 10.2. The lowest BCUT2D eigenvalue weighted by Crippen LogP contribution is -2.25. The molecule has 0 aliphatic rings. The summed E-state index contributed by atoms with van der Waals surface area (Å²) in [5.74, 6) is -0.0800. The first kappa shape index (κ1) is 12.3. The van der Waals surface area contributed by atoms with E-state index >= 15 is 0 Å². The van der Waals surface area contributed by atoms with Crippen molar-refractivity contribution in [3.8, 4) is 0 Å². The van der Waals surface area contributed by atoms with Crippen molar-refractivity contribution in [3.05, 3.63) is 47.8 Å². The predicted molar refractivity (Wildman–Crippen MR) is 70.3 cm³/mol. The number of hydrogen-bond donors (Lipinski definition) is 1. The number of nitrogens with two attached hydrogens (primary N) is 1. The summed E-state index contributed by atoms with van der Waals surface area (Å²) < 4.78 is 1.61. The highest BCUT2D eigenvalue weighted by molar-refractivity contribution is 6.05. The summed E-state index contributed by atoms with van der Waals surface area (Å²) in [5.41, 5.74) is 7.99. The minimum atomic E-state index is -0.0800. The van der Waals surface area contributed by atoms with Crippen LogP contribution in [-0.4, -0.2) is 22.7 Å². The van der Waals surface area contributed by atoms with Crippen molar-refractivity contribution in [2.24, 2.45) is 12.8 Å². The Bertz CT molecular complexity index is 544. The fourth-order valence-electron chi connectivity index (χ4n) is 1.70. The number of carbonyl (C=O) groups is 1. The third-order valence-corrected chi connectivity index (χ3v) is 2.82. The quantitative estimate of drug-likeness (QED) is 0.881. The largest absolute Gasteiger partial charge is 0.326 e. The number of hydrogen-bond acceptors (Lipinski definition) is 3. The number of aryl methyl sites for hydroxylation is 1. The molecule has 0 aliphatic heterocycles. The third kappa shape index (κ3) is 2.41. The molecule has 2 rings (SSSR count). The monoisotopic (exact) mass is 244 g/mol. The number of anilines is 1. The van der Waals surface area contributed by atoms with Crippen LogP contribution in [0.25, 0.3) is 0 Å². The molecule has 1 amide bonds. The van der Waals surface area contributed by atoms with Crippen molar-refractivity contribution >= 4 is 11.6 Å². The topological polar surface area (TPSA) is 64.2 Å². The summed E-state index contributed by atoms with van der Waals surface area (Å²) in [6.07, 6.45) is 3.26. The molecule has 1 aromatic carbocycles. The molecule has 0 saturated carbocycles. The summed E-state index contributed by atoms with van der Waals surface area (Å²) in [7, 11) is 3.53. The van der Waals surface area contributed by atoms with Gasteiger partial charge in [0.15, 0.2) is 0 Å². The summed E-state index contributed by atoms with van der Waals surface area (Å²) in [6, 6.07) is 7.61. The zero-order chi connectivity index (χ0) is 13.1. The van der Waals surface area contributed by atoms with Gasteiger partial charge in [-0.15, -0.1) is 0 Å². The first-order valence-corrected chi connectivity index (χ1v) is 5.67. The van der Waals surface area contributed by atoms with E-state index in [1.165, 1.54) is 0 Å². The normalized spacial score (nSPS) is 10.4. The molecule has 5 heteroatoms. The Labute approximate surface area is 106 Å². The molecule has 0 fully saturated rings. The van der Waals surface area contributed by atoms with Gasteiger partial charge in [-0.2, -0.15) is 5.10 Å². The van der Waals surface area contributed by atoms with Crippen LogP contribution in [0.1, 0.15) is 15.9 Å². The van der Waals surface area contributed by atoms with Gasteiger partial charge in [-0.05, 0) is 17.7 Å². The van der Waals surface area contributed by atoms with E-state index in [4.69, 9.17) is 5.73 Å². The van der Waals surface area contributed by atoms with Crippen molar-refractivity contribution in [1.82, 2.24) is 9.78 Å². The molecule has 0 bridgehead atoms. The number of amides is 1. The van der Waals surface area contributed by atoms with Crippen LogP contribution in [0.5, 0.6) is 0 Å². The zero-order valence-electron chi connectivity index (χ0n) is 10.5. The second-order valence-corrected chi connectivity index (χ2v) is 4.14. The Morgan fingerprint density at radius 1 is 1.39 bits per heavy atom. The Balaban J connectivity index is 2.19. The van der Waals surface area contributed by atoms with Gasteiger partial charge in [0.1, 0.15) is 0 Å². The first-order valence-electron chi connectivity index (χ1n) is 5.67. The van der Waals surface area contributed by atoms with Crippen molar-refractivity contribution in [2.75, 3.05) is 11.9 Å². The lowest BCUT2D eigenvalue weighted by Gasteiger charge is -2.16. The van der Waals surface area contributed by atoms with E-state index < -0.39 is 0 Å². The van der Waals surface area contributed by atoms with E-state index in [2.05, 4.69) is 5.10 Å². The van der Waals surface area contributed by atoms with Gasteiger partial charge in [0.05, 0.1) is 11.8 Å². The van der Waals surface area contributed by atoms with Crippen LogP contribution < -0.4 is 10.6 Å². The predicted octanol–water partition coefficient (Wildman–Crippen LogP) is 1.16. The number of rotatable bonds is 3. The molecule has 0 radical (unpaired) electrons. The van der Waals surface area contributed by atoms with Gasteiger partial charge in [0.2, 0.25) is 0 Å². The maximum Gasteiger partial charge on any atom is 0.261 e. The second kappa shape index (κ2) is 5.01. The Kier molecular flexibility index (Phi) is 3.43. The molecule has 2 aromatic rings. The van der Waals surface area contributed by atoms with Crippen molar-refractivity contribution in [3.63, 3.8) is 0 Å². The average Bonchev–Trinajstić information content (AvgIpc) is 2.84. The number of benzene rings is 1. The van der Waals surface area contributed by atoms with Crippen LogP contribution in [-0.2, 0) is 13.6 Å². The van der Waals surface area contributed by atoms with Crippen LogP contribution in [0.15, 0.2) is 36.7 Å². The molecule has 94 valence electrons. The second-order valence-electron chi connectivity index (χ2n) is 4.14. The minimum absolute atomic E-state index is 0.0800. The summed E-state index contributed by atoms with van der Waals surface area (Å²) in [5, 5.41) is 3.99. The Morgan fingerprint density at radius 2 is 2.06 bits per heavy atom. The van der Waals surface area contributed by atoms with Crippen LogP contribution in [0.3, 0.4) is 0 Å². The number of carbonyl (C=O) groups excluding carboxylic acids is 1. The van der Waals surface area contributed by atoms with E-state index in [1.807, 2.05) is 24.3 Å². The molecule has 0 atom stereocenters. The van der Waals surface area contributed by atoms with E-state index in [0.29, 0.717) is 12.1 Å². The van der Waals surface area contributed by atoms with Crippen LogP contribution >= 0.6 is 0 Å². The van der Waals surface area contributed by atoms with E-state index in [1.54, 1.807) is 36.1 Å². The molecule has 5 nitrogen and oxygen atoms in total. The first-order chi connectivity index (χ1) is 8.61. The van der Waals surface area contributed by atoms with Gasteiger partial charge in [0.25, 0.3) is 5.91 Å². The maximum atomic E-state index is 12.2. The molecular formula is C13H16N4O. The molecule has 2 N–H and O–H groups in total. The van der Waals surface area contributed by atoms with E-state index in [9.17, 15) is 4.79 Å². The molecular weight excluding hydrogens is 228 g/mol. The van der Waals surface area contributed by atoms with Gasteiger partial charge in [-0.1, -0.05) is 12.1 Å². The fraction of sp³-hybridized carbons (Fsp3) is 0.231. The molecule has 0 aliphatic carbocycles. The van der Waals surface area contributed by atoms with E-state index in [-0.39, 0.29) is 5.91 Å². The van der Waals surface area contributed by atoms with Gasteiger partial charge in [-0.25, -0.2) is 0 Å². The highest BCUT2D eigenvalue weighted by atomic mass is 16.2. The molecule has 0 unspecified atom stereocenters. The average molecular weight is 244 g/mol. The highest BCUT2D eigenvalue weighted by Crippen LogP contribution is 2.16. The fourth-order valence-corrected chi connectivity index (χ4v) is 1.70. The Morgan fingerprint density at radius 3 is 2.56 bits per heavy atom. The van der Waals surface area contributed by atoms with E-state index in [0.717, 1.165) is 11.3 Å². The smallest absolute Gasteiger partial charge is 0.261 e. The molecule has 18 heavy (non-hydrogen) atoms. The molecule has 0 spiro atoms.